The van der Waals surface area contributed by atoms with Crippen molar-refractivity contribution in [2.45, 2.75) is 20.0 Å². The average Bonchev–Trinajstić information content (AvgIpc) is 2.52. The number of imidazole rings is 1. The molecular formula is C11H12N2O3. The van der Waals surface area contributed by atoms with Gasteiger partial charge in [-0.05, 0) is 19.1 Å². The minimum atomic E-state index is -1.01. The monoisotopic (exact) mass is 220 g/mol. The van der Waals surface area contributed by atoms with Gasteiger partial charge in [-0.15, -0.1) is 0 Å². The van der Waals surface area contributed by atoms with E-state index in [2.05, 4.69) is 0 Å². The number of nitrogens with zero attached hydrogens (tertiary/aromatic N) is 2. The zero-order valence-electron chi connectivity index (χ0n) is 8.88. The van der Waals surface area contributed by atoms with Crippen LogP contribution in [0.2, 0.25) is 0 Å². The van der Waals surface area contributed by atoms with Crippen LogP contribution in [0.5, 0.6) is 0 Å². The summed E-state index contributed by atoms with van der Waals surface area (Å²) >= 11 is 0. The number of carboxylic acid groups (broad SMARTS) is 1. The van der Waals surface area contributed by atoms with Gasteiger partial charge in [0.25, 0.3) is 0 Å². The van der Waals surface area contributed by atoms with Gasteiger partial charge in [0.05, 0.1) is 11.0 Å². The van der Waals surface area contributed by atoms with Crippen molar-refractivity contribution >= 4 is 17.0 Å². The molecule has 0 saturated carbocycles. The van der Waals surface area contributed by atoms with Crippen molar-refractivity contribution in [3.05, 3.63) is 34.7 Å². The van der Waals surface area contributed by atoms with Crippen molar-refractivity contribution in [2.24, 2.45) is 0 Å². The Balaban J connectivity index is 2.77. The first-order valence-electron chi connectivity index (χ1n) is 5.05. The molecule has 84 valence electrons. The molecule has 1 aromatic carbocycles. The molecule has 0 fully saturated rings. The van der Waals surface area contributed by atoms with Gasteiger partial charge in [-0.2, -0.15) is 0 Å². The molecule has 0 spiro atoms. The molecule has 2 aromatic rings. The molecule has 0 amide bonds. The van der Waals surface area contributed by atoms with Crippen molar-refractivity contribution in [2.75, 3.05) is 0 Å². The highest BCUT2D eigenvalue weighted by molar-refractivity contribution is 5.78. The van der Waals surface area contributed by atoms with Gasteiger partial charge in [0.15, 0.2) is 0 Å². The molecule has 5 heteroatoms. The lowest BCUT2D eigenvalue weighted by Crippen LogP contribution is -2.26. The number of carbonyl (C=O) groups is 1. The Kier molecular flexibility index (Phi) is 2.52. The van der Waals surface area contributed by atoms with E-state index in [1.807, 2.05) is 19.1 Å². The van der Waals surface area contributed by atoms with E-state index in [-0.39, 0.29) is 12.2 Å². The van der Waals surface area contributed by atoms with Crippen LogP contribution in [0.3, 0.4) is 0 Å². The highest BCUT2D eigenvalue weighted by Crippen LogP contribution is 2.12. The van der Waals surface area contributed by atoms with E-state index in [9.17, 15) is 9.59 Å². The highest BCUT2D eigenvalue weighted by atomic mass is 16.4. The van der Waals surface area contributed by atoms with Crippen LogP contribution in [-0.2, 0) is 17.9 Å². The molecule has 0 saturated heterocycles. The van der Waals surface area contributed by atoms with Crippen molar-refractivity contribution in [3.8, 4) is 0 Å². The number of para-hydroxylation sites is 2. The second kappa shape index (κ2) is 3.84. The van der Waals surface area contributed by atoms with Crippen LogP contribution in [0.1, 0.15) is 6.92 Å². The molecule has 0 radical (unpaired) electrons. The summed E-state index contributed by atoms with van der Waals surface area (Å²) in [5.74, 6) is -1.01. The third-order valence-electron chi connectivity index (χ3n) is 2.53. The zero-order chi connectivity index (χ0) is 11.7. The summed E-state index contributed by atoms with van der Waals surface area (Å²) in [7, 11) is 0. The lowest BCUT2D eigenvalue weighted by atomic mass is 10.3. The molecule has 0 unspecified atom stereocenters. The number of hydrogen-bond donors (Lipinski definition) is 1. The van der Waals surface area contributed by atoms with Gasteiger partial charge in [-0.1, -0.05) is 12.1 Å². The van der Waals surface area contributed by atoms with Gasteiger partial charge in [0.2, 0.25) is 0 Å². The van der Waals surface area contributed by atoms with Crippen LogP contribution < -0.4 is 5.69 Å². The fourth-order valence-electron chi connectivity index (χ4n) is 1.87. The molecule has 2 rings (SSSR count). The SMILES string of the molecule is CCn1c(=O)n(CC(=O)O)c2ccccc21. The van der Waals surface area contributed by atoms with Gasteiger partial charge >= 0.3 is 11.7 Å². The molecule has 0 aliphatic carbocycles. The Morgan fingerprint density at radius 3 is 2.31 bits per heavy atom. The predicted octanol–water partition coefficient (Wildman–Crippen LogP) is 0.907. The number of aromatic nitrogens is 2. The Morgan fingerprint density at radius 1 is 1.25 bits per heavy atom. The number of aliphatic carboxylic acids is 1. The number of rotatable bonds is 3. The van der Waals surface area contributed by atoms with Crippen LogP contribution in [0.25, 0.3) is 11.0 Å². The molecule has 16 heavy (non-hydrogen) atoms. The van der Waals surface area contributed by atoms with Crippen molar-refractivity contribution in [1.82, 2.24) is 9.13 Å². The molecular weight excluding hydrogens is 208 g/mol. The maximum atomic E-state index is 11.9. The second-order valence-electron chi connectivity index (χ2n) is 3.50. The van der Waals surface area contributed by atoms with E-state index in [0.29, 0.717) is 12.1 Å². The summed E-state index contributed by atoms with van der Waals surface area (Å²) in [6.07, 6.45) is 0. The van der Waals surface area contributed by atoms with Crippen LogP contribution in [0.15, 0.2) is 29.1 Å². The van der Waals surface area contributed by atoms with Crippen molar-refractivity contribution in [3.63, 3.8) is 0 Å². The molecule has 0 aliphatic heterocycles. The van der Waals surface area contributed by atoms with Crippen LogP contribution in [-0.4, -0.2) is 20.2 Å². The normalized spacial score (nSPS) is 10.8. The third-order valence-corrected chi connectivity index (χ3v) is 2.53. The predicted molar refractivity (Wildman–Crippen MR) is 59.5 cm³/mol. The van der Waals surface area contributed by atoms with Gasteiger partial charge in [-0.25, -0.2) is 4.79 Å². The number of aryl methyl sites for hydroxylation is 1. The first-order chi connectivity index (χ1) is 7.65. The van der Waals surface area contributed by atoms with E-state index >= 15 is 0 Å². The minimum absolute atomic E-state index is 0.272. The topological polar surface area (TPSA) is 64.2 Å². The smallest absolute Gasteiger partial charge is 0.329 e. The molecule has 1 aromatic heterocycles. The molecule has 0 bridgehead atoms. The highest BCUT2D eigenvalue weighted by Gasteiger charge is 2.13. The molecule has 1 N–H and O–H groups in total. The minimum Gasteiger partial charge on any atom is -0.480 e. The van der Waals surface area contributed by atoms with E-state index < -0.39 is 5.97 Å². The molecule has 0 atom stereocenters. The van der Waals surface area contributed by atoms with Crippen molar-refractivity contribution < 1.29 is 9.90 Å². The van der Waals surface area contributed by atoms with E-state index in [1.165, 1.54) is 4.57 Å². The first-order valence-corrected chi connectivity index (χ1v) is 5.05. The maximum Gasteiger partial charge on any atom is 0.329 e. The maximum absolute atomic E-state index is 11.9. The van der Waals surface area contributed by atoms with E-state index in [4.69, 9.17) is 5.11 Å². The zero-order valence-corrected chi connectivity index (χ0v) is 8.88. The van der Waals surface area contributed by atoms with Gasteiger partial charge in [-0.3, -0.25) is 13.9 Å². The fourth-order valence-corrected chi connectivity index (χ4v) is 1.87. The summed E-state index contributed by atoms with van der Waals surface area (Å²) in [6.45, 7) is 2.09. The van der Waals surface area contributed by atoms with Gasteiger partial charge in [0.1, 0.15) is 6.54 Å². The molecule has 5 nitrogen and oxygen atoms in total. The summed E-state index contributed by atoms with van der Waals surface area (Å²) in [5.41, 5.74) is 1.17. The fraction of sp³-hybridized carbons (Fsp3) is 0.273. The summed E-state index contributed by atoms with van der Waals surface area (Å²) in [6, 6.07) is 7.20. The number of fused-ring (bicyclic) bond motifs is 1. The van der Waals surface area contributed by atoms with Crippen molar-refractivity contribution in [1.29, 1.82) is 0 Å². The molecule has 0 aliphatic rings. The van der Waals surface area contributed by atoms with E-state index in [1.54, 1.807) is 16.7 Å². The Bertz CT molecular complexity index is 595. The quantitative estimate of drug-likeness (QED) is 0.836. The Labute approximate surface area is 91.5 Å². The first kappa shape index (κ1) is 10.5. The Hall–Kier alpha value is -2.04. The van der Waals surface area contributed by atoms with Crippen LogP contribution in [0, 0.1) is 0 Å². The third kappa shape index (κ3) is 1.50. The van der Waals surface area contributed by atoms with E-state index in [0.717, 1.165) is 5.52 Å². The van der Waals surface area contributed by atoms with Crippen LogP contribution in [0.4, 0.5) is 0 Å². The second-order valence-corrected chi connectivity index (χ2v) is 3.50. The molecule has 1 heterocycles. The number of benzene rings is 1. The average molecular weight is 220 g/mol. The Morgan fingerprint density at radius 2 is 1.81 bits per heavy atom. The summed E-state index contributed by atoms with van der Waals surface area (Å²) in [5, 5.41) is 8.76. The summed E-state index contributed by atoms with van der Waals surface area (Å²) in [4.78, 5) is 22.6. The van der Waals surface area contributed by atoms with Gasteiger partial charge < -0.3 is 5.11 Å². The summed E-state index contributed by atoms with van der Waals surface area (Å²) < 4.78 is 2.85. The van der Waals surface area contributed by atoms with Gasteiger partial charge in [0, 0.05) is 6.54 Å². The number of hydrogen-bond acceptors (Lipinski definition) is 2. The van der Waals surface area contributed by atoms with Crippen LogP contribution >= 0.6 is 0 Å². The standard InChI is InChI=1S/C11H12N2O3/c1-2-12-8-5-3-4-6-9(8)13(11(12)16)7-10(14)15/h3-6H,2,7H2,1H3,(H,14,15). The lowest BCUT2D eigenvalue weighted by Gasteiger charge is -1.96. The lowest BCUT2D eigenvalue weighted by molar-refractivity contribution is -0.137. The number of carboxylic acids is 1. The largest absolute Gasteiger partial charge is 0.480 e.